The summed E-state index contributed by atoms with van der Waals surface area (Å²) in [5.74, 6) is 1.34. The van der Waals surface area contributed by atoms with Crippen molar-refractivity contribution in [2.45, 2.75) is 44.8 Å². The van der Waals surface area contributed by atoms with E-state index < -0.39 is 6.04 Å². The van der Waals surface area contributed by atoms with Gasteiger partial charge in [0.1, 0.15) is 11.8 Å². The number of carbonyl (C=O) groups excluding carboxylic acids is 1. The molecule has 2 heterocycles. The van der Waals surface area contributed by atoms with Crippen LogP contribution in [0.3, 0.4) is 0 Å². The number of para-hydroxylation sites is 1. The third kappa shape index (κ3) is 4.51. The van der Waals surface area contributed by atoms with E-state index in [-0.39, 0.29) is 36.3 Å². The fourth-order valence-electron chi connectivity index (χ4n) is 4.92. The van der Waals surface area contributed by atoms with Crippen LogP contribution in [0.15, 0.2) is 42.5 Å². The lowest BCUT2D eigenvalue weighted by Crippen LogP contribution is -2.41. The molecule has 2 saturated heterocycles. The van der Waals surface area contributed by atoms with Crippen LogP contribution < -0.4 is 20.3 Å². The van der Waals surface area contributed by atoms with Crippen LogP contribution in [-0.4, -0.2) is 53.4 Å². The second kappa shape index (κ2) is 10.4. The molecule has 0 radical (unpaired) electrons. The quantitative estimate of drug-likeness (QED) is 0.437. The van der Waals surface area contributed by atoms with Crippen molar-refractivity contribution in [1.29, 1.82) is 0 Å². The summed E-state index contributed by atoms with van der Waals surface area (Å²) >= 11 is 0. The maximum Gasteiger partial charge on any atom is 0.242 e. The number of aliphatic hydroxyl groups is 1. The first kappa shape index (κ1) is 23.4. The topological polar surface area (TPSA) is 103 Å². The molecule has 178 valence electrons. The van der Waals surface area contributed by atoms with Crippen molar-refractivity contribution >= 4 is 5.91 Å². The van der Waals surface area contributed by atoms with Gasteiger partial charge in [-0.25, -0.2) is 10.9 Å². The Morgan fingerprint density at radius 1 is 1.03 bits per heavy atom. The number of hydrazine groups is 1. The molecule has 2 fully saturated rings. The maximum absolute atomic E-state index is 13.4. The first-order valence-electron chi connectivity index (χ1n) is 11.7. The van der Waals surface area contributed by atoms with Gasteiger partial charge in [-0.3, -0.25) is 4.79 Å². The van der Waals surface area contributed by atoms with E-state index in [0.29, 0.717) is 37.7 Å². The Balaban J connectivity index is 1.75. The Hall–Kier alpha value is -2.81. The number of rotatable bonds is 10. The second-order valence-corrected chi connectivity index (χ2v) is 8.42. The number of carbonyl (C=O) groups is 1. The summed E-state index contributed by atoms with van der Waals surface area (Å²) in [5.41, 5.74) is 8.08. The molecule has 4 unspecified atom stereocenters. The second-order valence-electron chi connectivity index (χ2n) is 8.42. The van der Waals surface area contributed by atoms with E-state index in [0.717, 1.165) is 17.5 Å². The molecular weight excluding hydrogens is 422 g/mol. The number of nitrogens with one attached hydrogen (secondary N) is 2. The molecule has 0 aromatic heterocycles. The highest BCUT2D eigenvalue weighted by Gasteiger charge is 2.55. The summed E-state index contributed by atoms with van der Waals surface area (Å²) in [7, 11) is 0. The van der Waals surface area contributed by atoms with E-state index in [9.17, 15) is 15.0 Å². The predicted octanol–water partition coefficient (Wildman–Crippen LogP) is 2.68. The largest absolute Gasteiger partial charge is 0.508 e. The van der Waals surface area contributed by atoms with Gasteiger partial charge < -0.3 is 24.6 Å². The molecule has 2 aromatic carbocycles. The van der Waals surface area contributed by atoms with Gasteiger partial charge in [0.2, 0.25) is 5.91 Å². The van der Waals surface area contributed by atoms with Crippen LogP contribution in [0.1, 0.15) is 49.9 Å². The monoisotopic (exact) mass is 455 g/mol. The normalized spacial score (nSPS) is 24.2. The lowest BCUT2D eigenvalue weighted by Gasteiger charge is -2.31. The zero-order valence-corrected chi connectivity index (χ0v) is 19.2. The Kier molecular flexibility index (Phi) is 7.37. The molecule has 2 aromatic rings. The molecule has 1 amide bonds. The Morgan fingerprint density at radius 3 is 2.55 bits per heavy atom. The molecule has 0 saturated carbocycles. The molecule has 4 rings (SSSR count). The minimum absolute atomic E-state index is 0.00834. The highest BCUT2D eigenvalue weighted by atomic mass is 16.5. The van der Waals surface area contributed by atoms with Crippen molar-refractivity contribution in [2.75, 3.05) is 26.4 Å². The number of phenols is 1. The zero-order valence-electron chi connectivity index (χ0n) is 19.2. The molecule has 0 bridgehead atoms. The first-order chi connectivity index (χ1) is 16.1. The van der Waals surface area contributed by atoms with Gasteiger partial charge in [0.25, 0.3) is 0 Å². The average Bonchev–Trinajstić information content (AvgIpc) is 3.36. The number of amides is 1. The van der Waals surface area contributed by atoms with Gasteiger partial charge in [0.15, 0.2) is 11.5 Å². The number of ether oxygens (including phenoxy) is 2. The summed E-state index contributed by atoms with van der Waals surface area (Å²) in [6, 6.07) is 12.1. The van der Waals surface area contributed by atoms with Gasteiger partial charge in [-0.05, 0) is 43.5 Å². The van der Waals surface area contributed by atoms with Gasteiger partial charge in [0, 0.05) is 24.6 Å². The van der Waals surface area contributed by atoms with Crippen molar-refractivity contribution in [3.05, 3.63) is 53.6 Å². The van der Waals surface area contributed by atoms with Crippen LogP contribution >= 0.6 is 0 Å². The van der Waals surface area contributed by atoms with Gasteiger partial charge in [-0.2, -0.15) is 0 Å². The van der Waals surface area contributed by atoms with E-state index in [2.05, 4.69) is 17.8 Å². The fraction of sp³-hybridized carbons (Fsp3) is 0.480. The molecule has 4 N–H and O–H groups in total. The number of nitrogens with zero attached hydrogens (tertiary/aromatic N) is 1. The summed E-state index contributed by atoms with van der Waals surface area (Å²) in [6.45, 7) is 5.53. The van der Waals surface area contributed by atoms with Crippen molar-refractivity contribution in [1.82, 2.24) is 15.8 Å². The maximum atomic E-state index is 13.4. The van der Waals surface area contributed by atoms with E-state index in [1.165, 1.54) is 0 Å². The molecule has 2 aliphatic heterocycles. The van der Waals surface area contributed by atoms with Crippen molar-refractivity contribution in [3.8, 4) is 17.2 Å². The minimum Gasteiger partial charge on any atom is -0.508 e. The number of phenolic OH excluding ortho intramolecular Hbond substituents is 1. The number of likely N-dealkylation sites (tertiary alicyclic amines) is 1. The fourth-order valence-corrected chi connectivity index (χ4v) is 4.92. The van der Waals surface area contributed by atoms with Crippen LogP contribution in [0.5, 0.6) is 17.2 Å². The molecule has 2 aliphatic rings. The number of aliphatic hydroxyl groups excluding tert-OH is 1. The van der Waals surface area contributed by atoms with Gasteiger partial charge in [-0.1, -0.05) is 31.2 Å². The van der Waals surface area contributed by atoms with E-state index in [4.69, 9.17) is 9.47 Å². The summed E-state index contributed by atoms with van der Waals surface area (Å²) in [4.78, 5) is 15.2. The van der Waals surface area contributed by atoms with Gasteiger partial charge >= 0.3 is 0 Å². The van der Waals surface area contributed by atoms with Crippen LogP contribution in [0, 0.1) is 5.92 Å². The number of hydrogen-bond acceptors (Lipinski definition) is 7. The lowest BCUT2D eigenvalue weighted by molar-refractivity contribution is -0.130. The number of benzene rings is 2. The van der Waals surface area contributed by atoms with Crippen LogP contribution in [0.4, 0.5) is 0 Å². The third-order valence-electron chi connectivity index (χ3n) is 6.31. The van der Waals surface area contributed by atoms with Crippen LogP contribution in [-0.2, 0) is 4.79 Å². The molecule has 33 heavy (non-hydrogen) atoms. The molecule has 8 heteroatoms. The third-order valence-corrected chi connectivity index (χ3v) is 6.31. The average molecular weight is 456 g/mol. The summed E-state index contributed by atoms with van der Waals surface area (Å²) < 4.78 is 11.7. The number of hydrogen-bond donors (Lipinski definition) is 4. The van der Waals surface area contributed by atoms with Crippen LogP contribution in [0.2, 0.25) is 0 Å². The first-order valence-corrected chi connectivity index (χ1v) is 11.7. The van der Waals surface area contributed by atoms with E-state index >= 15 is 0 Å². The highest BCUT2D eigenvalue weighted by molar-refractivity contribution is 5.86. The van der Waals surface area contributed by atoms with Gasteiger partial charge in [-0.15, -0.1) is 0 Å². The molecule has 0 aliphatic carbocycles. The molecule has 4 atom stereocenters. The van der Waals surface area contributed by atoms with Crippen molar-refractivity contribution in [3.63, 3.8) is 0 Å². The van der Waals surface area contributed by atoms with E-state index in [1.54, 1.807) is 12.1 Å². The lowest BCUT2D eigenvalue weighted by atomic mass is 9.83. The smallest absolute Gasteiger partial charge is 0.242 e. The van der Waals surface area contributed by atoms with E-state index in [1.807, 2.05) is 42.2 Å². The summed E-state index contributed by atoms with van der Waals surface area (Å²) in [6.07, 6.45) is 1.38. The van der Waals surface area contributed by atoms with Crippen molar-refractivity contribution < 1.29 is 24.5 Å². The predicted molar refractivity (Wildman–Crippen MR) is 124 cm³/mol. The molecule has 8 nitrogen and oxygen atoms in total. The molecular formula is C25H33N3O5. The Bertz CT molecular complexity index is 969. The Morgan fingerprint density at radius 2 is 1.82 bits per heavy atom. The minimum atomic E-state index is -0.440. The molecule has 0 spiro atoms. The Labute approximate surface area is 194 Å². The van der Waals surface area contributed by atoms with Crippen LogP contribution in [0.25, 0.3) is 0 Å². The van der Waals surface area contributed by atoms with Crippen molar-refractivity contribution in [2.24, 2.45) is 5.92 Å². The number of fused-ring (bicyclic) bond motifs is 1. The summed E-state index contributed by atoms with van der Waals surface area (Å²) in [5, 5.41) is 20.0. The standard InChI is InChI=1S/C25H33N3O5/c1-3-14-33-19-11-10-16(15-20(19)32-4-2)24-21-22(17-8-5-6-9-18(17)30)26-27-23(21)25(31)28(24)12-7-13-29/h5-6,8-11,15,21-24,26-27,29-30H,3-4,7,12-14H2,1-2H3. The SMILES string of the molecule is CCCOc1ccc(C2C3C(NNC3c3ccccc3O)C(=O)N2CCCO)cc1OCC. The highest BCUT2D eigenvalue weighted by Crippen LogP contribution is 2.49. The number of aromatic hydroxyl groups is 1. The van der Waals surface area contributed by atoms with Gasteiger partial charge in [0.05, 0.1) is 25.3 Å². The zero-order chi connectivity index (χ0) is 23.4.